The summed E-state index contributed by atoms with van der Waals surface area (Å²) in [6.07, 6.45) is 1.19. The number of rotatable bonds is 6. The van der Waals surface area contributed by atoms with Crippen LogP contribution in [0.15, 0.2) is 47.6 Å². The van der Waals surface area contributed by atoms with Crippen LogP contribution in [0.1, 0.15) is 5.56 Å². The molecule has 0 saturated heterocycles. The summed E-state index contributed by atoms with van der Waals surface area (Å²) in [6.45, 7) is 0. The number of hydrogen-bond donors (Lipinski definition) is 2. The van der Waals surface area contributed by atoms with Crippen LogP contribution in [-0.2, 0) is 0 Å². The van der Waals surface area contributed by atoms with Gasteiger partial charge < -0.3 is 15.2 Å². The zero-order valence-corrected chi connectivity index (χ0v) is 13.5. The van der Waals surface area contributed by atoms with Crippen molar-refractivity contribution in [2.24, 2.45) is 5.10 Å². The second-order valence-electron chi connectivity index (χ2n) is 4.97. The van der Waals surface area contributed by atoms with Crippen molar-refractivity contribution >= 4 is 23.5 Å². The summed E-state index contributed by atoms with van der Waals surface area (Å²) >= 11 is 0. The van der Waals surface area contributed by atoms with E-state index in [2.05, 4.69) is 25.9 Å². The molecule has 0 radical (unpaired) electrons. The summed E-state index contributed by atoms with van der Waals surface area (Å²) in [6, 6.07) is 11.5. The molecule has 11 heteroatoms. The average molecular weight is 355 g/mol. The number of nitro benzene ring substituents is 1. The summed E-state index contributed by atoms with van der Waals surface area (Å²) in [4.78, 5) is 11.5. The molecule has 0 saturated carbocycles. The zero-order valence-electron chi connectivity index (χ0n) is 13.5. The van der Waals surface area contributed by atoms with Gasteiger partial charge in [0.25, 0.3) is 11.6 Å². The highest BCUT2D eigenvalue weighted by molar-refractivity contribution is 5.86. The topological polar surface area (TPSA) is 141 Å². The molecule has 1 heterocycles. The number of aromatic nitrogens is 4. The normalized spacial score (nSPS) is 10.8. The van der Waals surface area contributed by atoms with Gasteiger partial charge >= 0.3 is 0 Å². The van der Waals surface area contributed by atoms with E-state index in [-0.39, 0.29) is 28.7 Å². The van der Waals surface area contributed by atoms with E-state index in [9.17, 15) is 15.2 Å². The highest BCUT2D eigenvalue weighted by atomic mass is 16.6. The lowest BCUT2D eigenvalue weighted by molar-refractivity contribution is -0.385. The fraction of sp³-hybridized carbons (Fsp3) is 0.0667. The van der Waals surface area contributed by atoms with Gasteiger partial charge in [-0.1, -0.05) is 28.1 Å². The van der Waals surface area contributed by atoms with Gasteiger partial charge in [-0.2, -0.15) is 5.10 Å². The number of tetrazole rings is 1. The van der Waals surface area contributed by atoms with Crippen LogP contribution in [0, 0.1) is 10.1 Å². The molecule has 0 atom stereocenters. The van der Waals surface area contributed by atoms with Crippen LogP contribution in [0.2, 0.25) is 0 Å². The van der Waals surface area contributed by atoms with Gasteiger partial charge in [-0.3, -0.25) is 10.1 Å². The third-order valence-electron chi connectivity index (χ3n) is 3.31. The summed E-state index contributed by atoms with van der Waals surface area (Å²) < 4.78 is 4.94. The van der Waals surface area contributed by atoms with Crippen molar-refractivity contribution in [3.63, 3.8) is 0 Å². The van der Waals surface area contributed by atoms with Gasteiger partial charge in [0.2, 0.25) is 0 Å². The summed E-state index contributed by atoms with van der Waals surface area (Å²) in [5.41, 5.74) is 0.580. The van der Waals surface area contributed by atoms with Crippen LogP contribution in [0.5, 0.6) is 11.5 Å². The first-order chi connectivity index (χ1) is 12.6. The molecule has 0 spiro atoms. The third kappa shape index (κ3) is 3.56. The summed E-state index contributed by atoms with van der Waals surface area (Å²) in [5.74, 6) is -0.100. The molecule has 0 aliphatic heterocycles. The van der Waals surface area contributed by atoms with Crippen LogP contribution in [-0.4, -0.2) is 43.7 Å². The van der Waals surface area contributed by atoms with E-state index in [1.165, 1.54) is 13.3 Å². The average Bonchev–Trinajstić information content (AvgIpc) is 3.08. The summed E-state index contributed by atoms with van der Waals surface area (Å²) in [5, 5.41) is 39.1. The van der Waals surface area contributed by atoms with Crippen molar-refractivity contribution in [3.05, 3.63) is 58.1 Å². The van der Waals surface area contributed by atoms with Gasteiger partial charge in [0.1, 0.15) is 0 Å². The Kier molecular flexibility index (Phi) is 4.69. The number of benzene rings is 2. The lowest BCUT2D eigenvalue weighted by Crippen LogP contribution is -2.01. The lowest BCUT2D eigenvalue weighted by atomic mass is 10.2. The number of aromatic hydroxyl groups is 1. The van der Waals surface area contributed by atoms with Crippen LogP contribution >= 0.6 is 0 Å². The smallest absolute Gasteiger partial charge is 0.274 e. The maximum absolute atomic E-state index is 11.0. The maximum Gasteiger partial charge on any atom is 0.274 e. The molecule has 11 nitrogen and oxygen atoms in total. The van der Waals surface area contributed by atoms with Crippen molar-refractivity contribution in [2.75, 3.05) is 12.4 Å². The van der Waals surface area contributed by atoms with Crippen molar-refractivity contribution in [2.45, 2.75) is 0 Å². The number of phenols is 1. The number of anilines is 2. The molecule has 2 aromatic carbocycles. The Morgan fingerprint density at radius 1 is 1.35 bits per heavy atom. The Morgan fingerprint density at radius 3 is 2.81 bits per heavy atom. The Labute approximate surface area is 146 Å². The minimum Gasteiger partial charge on any atom is -0.504 e. The number of nitro groups is 1. The molecule has 0 fully saturated rings. The van der Waals surface area contributed by atoms with Crippen molar-refractivity contribution in [1.82, 2.24) is 20.3 Å². The Bertz CT molecular complexity index is 956. The SMILES string of the molecule is COc1cc([N+](=O)[O-])cc(C=Nn2nnnc2Nc2ccccc2)c1O. The standard InChI is InChI=1S/C15H13N7O4/c1-26-13-8-12(22(24)25)7-10(14(13)23)9-16-21-15(18-19-20-21)17-11-5-3-2-4-6-11/h2-9,23H,1H3,(H,17,18,20). The lowest BCUT2D eigenvalue weighted by Gasteiger charge is -2.06. The second-order valence-corrected chi connectivity index (χ2v) is 4.97. The molecule has 1 aromatic heterocycles. The molecular weight excluding hydrogens is 342 g/mol. The Hall–Kier alpha value is -4.02. The molecule has 26 heavy (non-hydrogen) atoms. The van der Waals surface area contributed by atoms with E-state index >= 15 is 0 Å². The maximum atomic E-state index is 11.0. The number of non-ortho nitro benzene ring substituents is 1. The molecule has 3 rings (SSSR count). The molecule has 0 aliphatic rings. The second kappa shape index (κ2) is 7.25. The molecule has 0 unspecified atom stereocenters. The van der Waals surface area contributed by atoms with E-state index < -0.39 is 4.92 Å². The van der Waals surface area contributed by atoms with E-state index in [0.29, 0.717) is 0 Å². The Morgan fingerprint density at radius 2 is 2.12 bits per heavy atom. The largest absolute Gasteiger partial charge is 0.504 e. The number of phenolic OH excluding ortho intramolecular Hbond substituents is 1. The number of nitrogens with one attached hydrogen (secondary N) is 1. The third-order valence-corrected chi connectivity index (χ3v) is 3.31. The molecule has 0 aliphatic carbocycles. The first kappa shape index (κ1) is 16.8. The number of ether oxygens (including phenoxy) is 1. The summed E-state index contributed by atoms with van der Waals surface area (Å²) in [7, 11) is 1.29. The molecular formula is C15H13N7O4. The first-order valence-electron chi connectivity index (χ1n) is 7.28. The highest BCUT2D eigenvalue weighted by Gasteiger charge is 2.16. The molecule has 2 N–H and O–H groups in total. The van der Waals surface area contributed by atoms with Gasteiger partial charge in [-0.15, -0.1) is 0 Å². The minimum atomic E-state index is -0.599. The quantitative estimate of drug-likeness (QED) is 0.388. The van der Waals surface area contributed by atoms with Crippen molar-refractivity contribution in [1.29, 1.82) is 0 Å². The van der Waals surface area contributed by atoms with Gasteiger partial charge in [0, 0.05) is 17.3 Å². The van der Waals surface area contributed by atoms with Gasteiger partial charge in [0.15, 0.2) is 11.5 Å². The first-order valence-corrected chi connectivity index (χ1v) is 7.28. The fourth-order valence-electron chi connectivity index (χ4n) is 2.08. The molecule has 0 bridgehead atoms. The van der Waals surface area contributed by atoms with Crippen LogP contribution in [0.4, 0.5) is 17.3 Å². The van der Waals surface area contributed by atoms with Crippen LogP contribution < -0.4 is 10.1 Å². The monoisotopic (exact) mass is 355 g/mol. The number of nitrogens with zero attached hydrogens (tertiary/aromatic N) is 6. The van der Waals surface area contributed by atoms with Gasteiger partial charge in [-0.05, 0) is 22.6 Å². The van der Waals surface area contributed by atoms with Crippen molar-refractivity contribution in [3.8, 4) is 11.5 Å². The number of methoxy groups -OCH3 is 1. The van der Waals surface area contributed by atoms with Gasteiger partial charge in [-0.25, -0.2) is 0 Å². The zero-order chi connectivity index (χ0) is 18.5. The van der Waals surface area contributed by atoms with E-state index in [0.717, 1.165) is 22.6 Å². The molecule has 132 valence electrons. The predicted octanol–water partition coefficient (Wildman–Crippen LogP) is 1.92. The van der Waals surface area contributed by atoms with Crippen LogP contribution in [0.3, 0.4) is 0 Å². The number of hydrogen-bond acceptors (Lipinski definition) is 9. The van der Waals surface area contributed by atoms with Crippen molar-refractivity contribution < 1.29 is 14.8 Å². The predicted molar refractivity (Wildman–Crippen MR) is 91.8 cm³/mol. The van der Waals surface area contributed by atoms with E-state index in [1.54, 1.807) is 0 Å². The van der Waals surface area contributed by atoms with E-state index in [1.807, 2.05) is 30.3 Å². The fourth-order valence-corrected chi connectivity index (χ4v) is 2.08. The van der Waals surface area contributed by atoms with E-state index in [4.69, 9.17) is 4.74 Å². The molecule has 0 amide bonds. The van der Waals surface area contributed by atoms with Gasteiger partial charge in [0.05, 0.1) is 24.3 Å². The minimum absolute atomic E-state index is 0.0417. The number of para-hydroxylation sites is 1. The molecule has 3 aromatic rings. The van der Waals surface area contributed by atoms with Crippen LogP contribution in [0.25, 0.3) is 0 Å². The highest BCUT2D eigenvalue weighted by Crippen LogP contribution is 2.33. The Balaban J connectivity index is 1.90.